The highest BCUT2D eigenvalue weighted by atomic mass is 16.4. The van der Waals surface area contributed by atoms with Crippen molar-refractivity contribution in [3.05, 3.63) is 29.3 Å². The van der Waals surface area contributed by atoms with Crippen LogP contribution < -0.4 is 0 Å². The molecule has 0 aliphatic rings. The Morgan fingerprint density at radius 2 is 1.88 bits per heavy atom. The number of hydrogen-bond acceptors (Lipinski definition) is 4. The summed E-state index contributed by atoms with van der Waals surface area (Å²) in [5.41, 5.74) is 0.447. The molecule has 1 rings (SSSR count). The van der Waals surface area contributed by atoms with Crippen LogP contribution in [-0.2, 0) is 16.0 Å². The third-order valence-corrected chi connectivity index (χ3v) is 2.27. The maximum absolute atomic E-state index is 10.5. The minimum Gasteiger partial charge on any atom is -0.508 e. The van der Waals surface area contributed by atoms with E-state index in [2.05, 4.69) is 0 Å². The van der Waals surface area contributed by atoms with Crippen molar-refractivity contribution in [1.82, 2.24) is 0 Å². The standard InChI is InChI=1S/C11H12O6/c12-8-5-7(10(15)11(16)17)2-1-6(8)3-4-9(13)14/h1-2,5,10,12,15H,3-4H2,(H,13,14)(H,16,17). The molecule has 0 fully saturated rings. The summed E-state index contributed by atoms with van der Waals surface area (Å²) in [6.07, 6.45) is -1.69. The molecular weight excluding hydrogens is 228 g/mol. The van der Waals surface area contributed by atoms with Gasteiger partial charge in [0.25, 0.3) is 0 Å². The van der Waals surface area contributed by atoms with E-state index >= 15 is 0 Å². The van der Waals surface area contributed by atoms with Crippen molar-refractivity contribution in [3.63, 3.8) is 0 Å². The molecule has 0 heterocycles. The molecular formula is C11H12O6. The Morgan fingerprint density at radius 1 is 1.24 bits per heavy atom. The van der Waals surface area contributed by atoms with Crippen LogP contribution >= 0.6 is 0 Å². The molecule has 0 aliphatic carbocycles. The molecule has 0 saturated heterocycles. The van der Waals surface area contributed by atoms with Gasteiger partial charge in [-0.25, -0.2) is 4.79 Å². The van der Waals surface area contributed by atoms with Gasteiger partial charge in [0.1, 0.15) is 5.75 Å². The third-order valence-electron chi connectivity index (χ3n) is 2.27. The van der Waals surface area contributed by atoms with E-state index in [1.807, 2.05) is 0 Å². The molecule has 17 heavy (non-hydrogen) atoms. The normalized spacial score (nSPS) is 12.1. The van der Waals surface area contributed by atoms with Crippen molar-refractivity contribution < 1.29 is 30.0 Å². The molecule has 92 valence electrons. The smallest absolute Gasteiger partial charge is 0.337 e. The zero-order chi connectivity index (χ0) is 13.0. The van der Waals surface area contributed by atoms with Gasteiger partial charge in [0.2, 0.25) is 0 Å². The lowest BCUT2D eigenvalue weighted by atomic mass is 10.0. The summed E-state index contributed by atoms with van der Waals surface area (Å²) in [5, 5.41) is 35.8. The van der Waals surface area contributed by atoms with Gasteiger partial charge in [0.15, 0.2) is 6.10 Å². The van der Waals surface area contributed by atoms with Crippen LogP contribution in [0.25, 0.3) is 0 Å². The van der Waals surface area contributed by atoms with Crippen molar-refractivity contribution in [3.8, 4) is 5.75 Å². The second-order valence-electron chi connectivity index (χ2n) is 3.52. The van der Waals surface area contributed by atoms with Gasteiger partial charge in [-0.15, -0.1) is 0 Å². The molecule has 1 aromatic rings. The van der Waals surface area contributed by atoms with E-state index < -0.39 is 18.0 Å². The molecule has 0 aliphatic heterocycles. The average molecular weight is 240 g/mol. The quantitative estimate of drug-likeness (QED) is 0.596. The van der Waals surface area contributed by atoms with Crippen molar-refractivity contribution in [2.45, 2.75) is 18.9 Å². The van der Waals surface area contributed by atoms with Gasteiger partial charge in [0, 0.05) is 6.42 Å². The number of aliphatic hydroxyl groups excluding tert-OH is 1. The van der Waals surface area contributed by atoms with Crippen molar-refractivity contribution in [2.75, 3.05) is 0 Å². The lowest BCUT2D eigenvalue weighted by Gasteiger charge is -2.09. The molecule has 6 heteroatoms. The summed E-state index contributed by atoms with van der Waals surface area (Å²) in [6.45, 7) is 0. The number of rotatable bonds is 5. The fraction of sp³-hybridized carbons (Fsp3) is 0.273. The van der Waals surface area contributed by atoms with Gasteiger partial charge < -0.3 is 20.4 Å². The summed E-state index contributed by atoms with van der Waals surface area (Å²) >= 11 is 0. The van der Waals surface area contributed by atoms with Gasteiger partial charge in [0.05, 0.1) is 0 Å². The SMILES string of the molecule is O=C(O)CCc1ccc(C(O)C(=O)O)cc1O. The molecule has 0 radical (unpaired) electrons. The van der Waals surface area contributed by atoms with Crippen LogP contribution in [0.5, 0.6) is 5.75 Å². The topological polar surface area (TPSA) is 115 Å². The predicted octanol–water partition coefficient (Wildman–Crippen LogP) is 0.527. The maximum Gasteiger partial charge on any atom is 0.337 e. The number of aliphatic hydroxyl groups is 1. The van der Waals surface area contributed by atoms with Gasteiger partial charge in [-0.2, -0.15) is 0 Å². The van der Waals surface area contributed by atoms with Crippen molar-refractivity contribution in [1.29, 1.82) is 0 Å². The first-order valence-electron chi connectivity index (χ1n) is 4.86. The summed E-state index contributed by atoms with van der Waals surface area (Å²) in [7, 11) is 0. The summed E-state index contributed by atoms with van der Waals surface area (Å²) in [5.74, 6) is -2.62. The van der Waals surface area contributed by atoms with Crippen LogP contribution in [0.1, 0.15) is 23.7 Å². The van der Waals surface area contributed by atoms with Crippen LogP contribution in [0.15, 0.2) is 18.2 Å². The molecule has 0 amide bonds. The van der Waals surface area contributed by atoms with Gasteiger partial charge in [-0.05, 0) is 23.6 Å². The number of aliphatic carboxylic acids is 2. The van der Waals surface area contributed by atoms with Crippen LogP contribution in [0.3, 0.4) is 0 Å². The Morgan fingerprint density at radius 3 is 2.35 bits per heavy atom. The first-order valence-corrected chi connectivity index (χ1v) is 4.86. The van der Waals surface area contributed by atoms with Crippen molar-refractivity contribution in [2.24, 2.45) is 0 Å². The highest BCUT2D eigenvalue weighted by Crippen LogP contribution is 2.24. The number of benzene rings is 1. The van der Waals surface area contributed by atoms with Crippen LogP contribution in [0.2, 0.25) is 0 Å². The number of carboxylic acid groups (broad SMARTS) is 2. The molecule has 1 unspecified atom stereocenters. The predicted molar refractivity (Wildman–Crippen MR) is 56.7 cm³/mol. The number of aromatic hydroxyl groups is 1. The Balaban J connectivity index is 2.86. The minimum atomic E-state index is -1.70. The van der Waals surface area contributed by atoms with E-state index in [9.17, 15) is 19.8 Å². The molecule has 1 aromatic carbocycles. The summed E-state index contributed by atoms with van der Waals surface area (Å²) in [4.78, 5) is 20.9. The summed E-state index contributed by atoms with van der Waals surface area (Å²) < 4.78 is 0. The third kappa shape index (κ3) is 3.46. The zero-order valence-corrected chi connectivity index (χ0v) is 8.83. The first-order chi connectivity index (χ1) is 7.91. The Hall–Kier alpha value is -2.08. The van der Waals surface area contributed by atoms with E-state index in [0.29, 0.717) is 5.56 Å². The van der Waals surface area contributed by atoms with Crippen LogP contribution in [0.4, 0.5) is 0 Å². The number of aryl methyl sites for hydroxylation is 1. The number of hydrogen-bond donors (Lipinski definition) is 4. The van der Waals surface area contributed by atoms with Crippen molar-refractivity contribution >= 4 is 11.9 Å². The summed E-state index contributed by atoms with van der Waals surface area (Å²) in [6, 6.07) is 3.87. The van der Waals surface area contributed by atoms with E-state index in [1.54, 1.807) is 0 Å². The molecule has 0 bridgehead atoms. The van der Waals surface area contributed by atoms with Crippen LogP contribution in [-0.4, -0.2) is 32.4 Å². The Kier molecular flexibility index (Phi) is 4.06. The molecule has 0 spiro atoms. The lowest BCUT2D eigenvalue weighted by molar-refractivity contribution is -0.147. The first kappa shape index (κ1) is 13.0. The maximum atomic E-state index is 10.5. The highest BCUT2D eigenvalue weighted by molar-refractivity contribution is 5.74. The Labute approximate surface area is 96.8 Å². The number of carbonyl (C=O) groups is 2. The second-order valence-corrected chi connectivity index (χ2v) is 3.52. The van der Waals surface area contributed by atoms with Gasteiger partial charge in [-0.1, -0.05) is 12.1 Å². The fourth-order valence-corrected chi connectivity index (χ4v) is 1.35. The van der Waals surface area contributed by atoms with Crippen LogP contribution in [0, 0.1) is 0 Å². The molecule has 1 atom stereocenters. The Bertz CT molecular complexity index is 440. The van der Waals surface area contributed by atoms with E-state index in [4.69, 9.17) is 10.2 Å². The largest absolute Gasteiger partial charge is 0.508 e. The van der Waals surface area contributed by atoms with Gasteiger partial charge >= 0.3 is 11.9 Å². The van der Waals surface area contributed by atoms with Gasteiger partial charge in [-0.3, -0.25) is 4.79 Å². The number of phenols is 1. The lowest BCUT2D eigenvalue weighted by Crippen LogP contribution is -2.10. The zero-order valence-electron chi connectivity index (χ0n) is 8.83. The molecule has 0 aromatic heterocycles. The molecule has 0 saturated carbocycles. The fourth-order valence-electron chi connectivity index (χ4n) is 1.35. The monoisotopic (exact) mass is 240 g/mol. The number of phenolic OH excluding ortho intramolecular Hbond substituents is 1. The molecule has 4 N–H and O–H groups in total. The average Bonchev–Trinajstić information content (AvgIpc) is 2.26. The highest BCUT2D eigenvalue weighted by Gasteiger charge is 2.17. The number of carboxylic acids is 2. The van der Waals surface area contributed by atoms with E-state index in [-0.39, 0.29) is 24.2 Å². The van der Waals surface area contributed by atoms with E-state index in [0.717, 1.165) is 6.07 Å². The minimum absolute atomic E-state index is 0.0501. The van der Waals surface area contributed by atoms with E-state index in [1.165, 1.54) is 12.1 Å². The second kappa shape index (κ2) is 5.31. The molecule has 6 nitrogen and oxygen atoms in total.